The van der Waals surface area contributed by atoms with Crippen LogP contribution in [0.5, 0.6) is 11.5 Å². The van der Waals surface area contributed by atoms with Gasteiger partial charge in [0.1, 0.15) is 16.4 Å². The van der Waals surface area contributed by atoms with Crippen LogP contribution in [0.25, 0.3) is 11.3 Å². The van der Waals surface area contributed by atoms with Gasteiger partial charge >= 0.3 is 0 Å². The minimum absolute atomic E-state index is 0.0351. The summed E-state index contributed by atoms with van der Waals surface area (Å²) in [4.78, 5) is 24.0. The molecule has 0 saturated carbocycles. The average Bonchev–Trinajstić information content (AvgIpc) is 2.95. The number of aromatic nitrogens is 2. The van der Waals surface area contributed by atoms with E-state index >= 15 is 0 Å². The lowest BCUT2D eigenvalue weighted by Crippen LogP contribution is -2.58. The van der Waals surface area contributed by atoms with Crippen LogP contribution in [-0.4, -0.2) is 57.8 Å². The molecule has 0 bridgehead atoms. The van der Waals surface area contributed by atoms with E-state index in [0.29, 0.717) is 35.3 Å². The second kappa shape index (κ2) is 10.1. The van der Waals surface area contributed by atoms with E-state index in [9.17, 15) is 32.2 Å². The van der Waals surface area contributed by atoms with Crippen molar-refractivity contribution < 1.29 is 32.2 Å². The lowest BCUT2D eigenvalue weighted by molar-refractivity contribution is -0.0945. The Balaban J connectivity index is 1.37. The molecule has 2 aromatic heterocycles. The van der Waals surface area contributed by atoms with Gasteiger partial charge in [0.15, 0.2) is 0 Å². The molecule has 1 unspecified atom stereocenters. The normalized spacial score (nSPS) is 18.3. The second-order valence-corrected chi connectivity index (χ2v) is 12.5. The molecule has 2 aliphatic rings. The van der Waals surface area contributed by atoms with Crippen molar-refractivity contribution in [1.29, 1.82) is 0 Å². The monoisotopic (exact) mass is 592 g/mol. The molecule has 2 aromatic carbocycles. The van der Waals surface area contributed by atoms with E-state index in [1.807, 2.05) is 12.1 Å². The number of pyridine rings is 2. The standard InChI is InChI=1S/C30H26F2N4O5S/c1-18-11-23(42(40,41)35-16-30(31,32)17-35)15-34-28(18)20-5-9-25-19(12-20)4-8-26(21-3-2-10-33-14-21)36(25)29(39)24-7-6-22(37)13-27(24)38/h2-3,5-7,9-15,26,37-38H,4,8,16-17H2,1H3. The molecule has 1 saturated heterocycles. The highest BCUT2D eigenvalue weighted by Crippen LogP contribution is 2.42. The molecule has 42 heavy (non-hydrogen) atoms. The van der Waals surface area contributed by atoms with E-state index in [2.05, 4.69) is 9.97 Å². The number of carbonyl (C=O) groups excluding carboxylic acids is 1. The van der Waals surface area contributed by atoms with Crippen LogP contribution in [0.1, 0.15) is 39.5 Å². The molecule has 0 aliphatic carbocycles. The number of carbonyl (C=O) groups is 1. The van der Waals surface area contributed by atoms with Crippen molar-refractivity contribution >= 4 is 21.6 Å². The Kier molecular flexibility index (Phi) is 6.70. The molecule has 9 nitrogen and oxygen atoms in total. The van der Waals surface area contributed by atoms with Gasteiger partial charge < -0.3 is 15.1 Å². The third-order valence-corrected chi connectivity index (χ3v) is 9.37. The van der Waals surface area contributed by atoms with Crippen LogP contribution in [0.3, 0.4) is 0 Å². The highest BCUT2D eigenvalue weighted by atomic mass is 32.2. The third-order valence-electron chi connectivity index (χ3n) is 7.62. The molecule has 1 fully saturated rings. The van der Waals surface area contributed by atoms with Crippen LogP contribution in [-0.2, 0) is 16.4 Å². The zero-order valence-corrected chi connectivity index (χ0v) is 23.2. The summed E-state index contributed by atoms with van der Waals surface area (Å²) in [5.74, 6) is -3.98. The van der Waals surface area contributed by atoms with Crippen molar-refractivity contribution in [2.45, 2.75) is 36.6 Å². The zero-order valence-electron chi connectivity index (χ0n) is 22.4. The van der Waals surface area contributed by atoms with E-state index in [1.165, 1.54) is 24.4 Å². The molecule has 2 N–H and O–H groups in total. The first-order chi connectivity index (χ1) is 19.9. The molecule has 6 rings (SSSR count). The maximum Gasteiger partial charge on any atom is 0.275 e. The highest BCUT2D eigenvalue weighted by Gasteiger charge is 2.50. The number of aromatic hydroxyl groups is 2. The van der Waals surface area contributed by atoms with Gasteiger partial charge in [-0.2, -0.15) is 4.31 Å². The number of rotatable bonds is 5. The van der Waals surface area contributed by atoms with E-state index in [4.69, 9.17) is 0 Å². The first kappa shape index (κ1) is 27.7. The van der Waals surface area contributed by atoms with Crippen molar-refractivity contribution in [2.75, 3.05) is 18.0 Å². The number of hydrogen-bond donors (Lipinski definition) is 2. The Morgan fingerprint density at radius 1 is 1.05 bits per heavy atom. The number of halogens is 2. The van der Waals surface area contributed by atoms with Crippen molar-refractivity contribution in [3.8, 4) is 22.8 Å². The molecule has 0 spiro atoms. The van der Waals surface area contributed by atoms with Gasteiger partial charge in [-0.1, -0.05) is 12.1 Å². The molecule has 216 valence electrons. The van der Waals surface area contributed by atoms with Crippen molar-refractivity contribution in [3.63, 3.8) is 0 Å². The van der Waals surface area contributed by atoms with Gasteiger partial charge in [0.2, 0.25) is 10.0 Å². The van der Waals surface area contributed by atoms with E-state index in [1.54, 1.807) is 42.4 Å². The lowest BCUT2D eigenvalue weighted by atomic mass is 9.89. The fraction of sp³-hybridized carbons (Fsp3) is 0.233. The van der Waals surface area contributed by atoms with Gasteiger partial charge in [0.25, 0.3) is 11.8 Å². The van der Waals surface area contributed by atoms with Gasteiger partial charge in [-0.3, -0.25) is 14.8 Å². The Hall–Kier alpha value is -4.42. The van der Waals surface area contributed by atoms with E-state index < -0.39 is 34.9 Å². The summed E-state index contributed by atoms with van der Waals surface area (Å²) >= 11 is 0. The molecule has 2 aliphatic heterocycles. The minimum Gasteiger partial charge on any atom is -0.508 e. The maximum absolute atomic E-state index is 13.9. The van der Waals surface area contributed by atoms with Crippen molar-refractivity contribution in [2.24, 2.45) is 0 Å². The SMILES string of the molecule is Cc1cc(S(=O)(=O)N2CC(F)(F)C2)cnc1-c1ccc2c(c1)CCC(c1cccnc1)N2C(=O)c1ccc(O)cc1O. The van der Waals surface area contributed by atoms with Gasteiger partial charge in [-0.05, 0) is 72.9 Å². The highest BCUT2D eigenvalue weighted by molar-refractivity contribution is 7.89. The van der Waals surface area contributed by atoms with E-state index in [0.717, 1.165) is 21.5 Å². The quantitative estimate of drug-likeness (QED) is 0.340. The second-order valence-electron chi connectivity index (χ2n) is 10.5. The number of sulfonamides is 1. The number of fused-ring (bicyclic) bond motifs is 1. The predicted molar refractivity (Wildman–Crippen MR) is 150 cm³/mol. The number of anilines is 1. The Bertz CT molecular complexity index is 1810. The molecule has 12 heteroatoms. The van der Waals surface area contributed by atoms with E-state index in [-0.39, 0.29) is 28.0 Å². The summed E-state index contributed by atoms with van der Waals surface area (Å²) in [6.07, 6.45) is 5.70. The van der Waals surface area contributed by atoms with Gasteiger partial charge in [0.05, 0.1) is 30.4 Å². The van der Waals surface area contributed by atoms with Crippen LogP contribution < -0.4 is 4.90 Å². The van der Waals surface area contributed by atoms with Gasteiger partial charge in [-0.25, -0.2) is 17.2 Å². The maximum atomic E-state index is 13.9. The third kappa shape index (κ3) is 4.86. The number of benzene rings is 2. The Labute approximate surface area is 240 Å². The number of alkyl halides is 2. The fourth-order valence-electron chi connectivity index (χ4n) is 5.51. The van der Waals surface area contributed by atoms with Crippen LogP contribution in [0.4, 0.5) is 14.5 Å². The topological polar surface area (TPSA) is 124 Å². The molecular weight excluding hydrogens is 566 g/mol. The van der Waals surface area contributed by atoms with Crippen LogP contribution in [0, 0.1) is 6.92 Å². The Morgan fingerprint density at radius 3 is 2.50 bits per heavy atom. The van der Waals surface area contributed by atoms with Gasteiger partial charge in [0, 0.05) is 35.9 Å². The van der Waals surface area contributed by atoms with Crippen molar-refractivity contribution in [1.82, 2.24) is 14.3 Å². The smallest absolute Gasteiger partial charge is 0.275 e. The predicted octanol–water partition coefficient (Wildman–Crippen LogP) is 4.84. The summed E-state index contributed by atoms with van der Waals surface area (Å²) in [5.41, 5.74) is 4.11. The van der Waals surface area contributed by atoms with Crippen LogP contribution in [0.15, 0.2) is 78.1 Å². The first-order valence-electron chi connectivity index (χ1n) is 13.2. The molecular formula is C30H26F2N4O5S. The molecule has 4 aromatic rings. The average molecular weight is 593 g/mol. The molecule has 0 radical (unpaired) electrons. The number of phenolic OH excluding ortho intramolecular Hbond substituents is 2. The number of nitrogens with zero attached hydrogens (tertiary/aromatic N) is 4. The first-order valence-corrected chi connectivity index (χ1v) is 14.6. The largest absolute Gasteiger partial charge is 0.508 e. The fourth-order valence-corrected chi connectivity index (χ4v) is 7.04. The Morgan fingerprint density at radius 2 is 1.83 bits per heavy atom. The zero-order chi connectivity index (χ0) is 29.8. The summed E-state index contributed by atoms with van der Waals surface area (Å²) in [5, 5.41) is 20.2. The molecule has 1 atom stereocenters. The number of aryl methyl sites for hydroxylation is 2. The summed E-state index contributed by atoms with van der Waals surface area (Å²) < 4.78 is 52.9. The van der Waals surface area contributed by atoms with Crippen LogP contribution >= 0.6 is 0 Å². The number of amides is 1. The van der Waals surface area contributed by atoms with Crippen molar-refractivity contribution in [3.05, 3.63) is 95.4 Å². The summed E-state index contributed by atoms with van der Waals surface area (Å²) in [6.45, 7) is 0.00361. The molecule has 1 amide bonds. The summed E-state index contributed by atoms with van der Waals surface area (Å²) in [7, 11) is -4.09. The van der Waals surface area contributed by atoms with Crippen LogP contribution in [0.2, 0.25) is 0 Å². The molecule has 4 heterocycles. The summed E-state index contributed by atoms with van der Waals surface area (Å²) in [6, 6.07) is 14.0. The van der Waals surface area contributed by atoms with Gasteiger partial charge in [-0.15, -0.1) is 0 Å². The number of phenols is 2. The minimum atomic E-state index is -4.09. The lowest BCUT2D eigenvalue weighted by Gasteiger charge is -2.38. The number of hydrogen-bond acceptors (Lipinski definition) is 7.